The molecule has 0 atom stereocenters. The average Bonchev–Trinajstić information content (AvgIpc) is 2.77. The molecule has 6 heteroatoms. The fourth-order valence-corrected chi connectivity index (χ4v) is 1.65. The lowest BCUT2D eigenvalue weighted by Gasteiger charge is -2.11. The number of nitrogens with zero attached hydrogens (tertiary/aromatic N) is 4. The number of rotatable bonds is 3. The van der Waals surface area contributed by atoms with Crippen LogP contribution in [-0.4, -0.2) is 19.5 Å². The van der Waals surface area contributed by atoms with E-state index in [0.29, 0.717) is 17.7 Å². The van der Waals surface area contributed by atoms with Crippen LogP contribution >= 0.6 is 0 Å². The van der Waals surface area contributed by atoms with Gasteiger partial charge in [0, 0.05) is 17.8 Å². The number of nitrogens with two attached hydrogens (primary N) is 1. The minimum absolute atomic E-state index is 0.311. The Morgan fingerprint density at radius 2 is 2.12 bits per heavy atom. The Morgan fingerprint density at radius 1 is 1.35 bits per heavy atom. The van der Waals surface area contributed by atoms with E-state index >= 15 is 0 Å². The standard InChI is InChI=1S/C11H16N6/c1-7(2)17-6-13-5-9(17)11-14-8(3)4-10(15-11)16-12/h4-7H,12H2,1-3H3,(H,14,15,16). The molecule has 0 aliphatic heterocycles. The van der Waals surface area contributed by atoms with Crippen LogP contribution in [0.15, 0.2) is 18.6 Å². The monoisotopic (exact) mass is 232 g/mol. The molecule has 0 aliphatic carbocycles. The summed E-state index contributed by atoms with van der Waals surface area (Å²) in [5, 5.41) is 0. The molecule has 0 saturated carbocycles. The molecule has 90 valence electrons. The van der Waals surface area contributed by atoms with Crippen molar-refractivity contribution in [3.8, 4) is 11.5 Å². The largest absolute Gasteiger partial charge is 0.325 e. The van der Waals surface area contributed by atoms with E-state index in [2.05, 4.69) is 34.2 Å². The van der Waals surface area contributed by atoms with Crippen molar-refractivity contribution in [2.75, 3.05) is 5.43 Å². The molecule has 2 aromatic heterocycles. The number of imidazole rings is 1. The highest BCUT2D eigenvalue weighted by molar-refractivity contribution is 5.52. The Hall–Kier alpha value is -1.95. The van der Waals surface area contributed by atoms with Gasteiger partial charge in [0.15, 0.2) is 5.82 Å². The van der Waals surface area contributed by atoms with Crippen LogP contribution in [0.25, 0.3) is 11.5 Å². The van der Waals surface area contributed by atoms with Crippen LogP contribution in [0.1, 0.15) is 25.6 Å². The van der Waals surface area contributed by atoms with Gasteiger partial charge in [0.05, 0.1) is 12.5 Å². The Balaban J connectivity index is 2.52. The smallest absolute Gasteiger partial charge is 0.180 e. The van der Waals surface area contributed by atoms with E-state index in [1.165, 1.54) is 0 Å². The van der Waals surface area contributed by atoms with E-state index in [4.69, 9.17) is 5.84 Å². The maximum atomic E-state index is 5.38. The molecule has 0 amide bonds. The third kappa shape index (κ3) is 2.26. The summed E-state index contributed by atoms with van der Waals surface area (Å²) in [6, 6.07) is 2.10. The Labute approximate surface area is 99.9 Å². The number of aromatic nitrogens is 4. The summed E-state index contributed by atoms with van der Waals surface area (Å²) < 4.78 is 2.02. The normalized spacial score (nSPS) is 10.9. The van der Waals surface area contributed by atoms with Gasteiger partial charge in [0.2, 0.25) is 0 Å². The highest BCUT2D eigenvalue weighted by Gasteiger charge is 2.11. The first-order chi connectivity index (χ1) is 8.11. The highest BCUT2D eigenvalue weighted by atomic mass is 15.3. The molecule has 0 saturated heterocycles. The molecule has 0 spiro atoms. The maximum Gasteiger partial charge on any atom is 0.180 e. The summed E-state index contributed by atoms with van der Waals surface area (Å²) in [6.45, 7) is 6.08. The second kappa shape index (κ2) is 4.50. The summed E-state index contributed by atoms with van der Waals surface area (Å²) in [5.41, 5.74) is 4.29. The predicted octanol–water partition coefficient (Wildman–Crippen LogP) is 1.52. The fourth-order valence-electron chi connectivity index (χ4n) is 1.65. The van der Waals surface area contributed by atoms with E-state index in [0.717, 1.165) is 11.4 Å². The van der Waals surface area contributed by atoms with Crippen LogP contribution in [0.3, 0.4) is 0 Å². The van der Waals surface area contributed by atoms with Crippen LogP contribution in [0, 0.1) is 6.92 Å². The van der Waals surface area contributed by atoms with Crippen LogP contribution in [0.4, 0.5) is 5.82 Å². The molecule has 0 bridgehead atoms. The molecule has 2 rings (SSSR count). The first-order valence-corrected chi connectivity index (χ1v) is 5.46. The van der Waals surface area contributed by atoms with Crippen molar-refractivity contribution in [3.63, 3.8) is 0 Å². The number of aryl methyl sites for hydroxylation is 1. The van der Waals surface area contributed by atoms with Crippen molar-refractivity contribution in [3.05, 3.63) is 24.3 Å². The Bertz CT molecular complexity index is 516. The van der Waals surface area contributed by atoms with E-state index in [9.17, 15) is 0 Å². The molecule has 3 N–H and O–H groups in total. The summed E-state index contributed by atoms with van der Waals surface area (Å²) >= 11 is 0. The van der Waals surface area contributed by atoms with Crippen molar-refractivity contribution in [2.24, 2.45) is 5.84 Å². The van der Waals surface area contributed by atoms with E-state index in [1.54, 1.807) is 18.6 Å². The average molecular weight is 232 g/mol. The zero-order valence-corrected chi connectivity index (χ0v) is 10.2. The molecule has 0 aromatic carbocycles. The summed E-state index contributed by atoms with van der Waals surface area (Å²) in [7, 11) is 0. The SMILES string of the molecule is Cc1cc(NN)nc(-c2cncn2C(C)C)n1. The van der Waals surface area contributed by atoms with Crippen molar-refractivity contribution < 1.29 is 0 Å². The predicted molar refractivity (Wildman–Crippen MR) is 66.2 cm³/mol. The van der Waals surface area contributed by atoms with Gasteiger partial charge >= 0.3 is 0 Å². The Kier molecular flexibility index (Phi) is 3.06. The van der Waals surface area contributed by atoms with Crippen molar-refractivity contribution in [2.45, 2.75) is 26.8 Å². The molecule has 0 aliphatic rings. The van der Waals surface area contributed by atoms with Crippen molar-refractivity contribution in [1.82, 2.24) is 19.5 Å². The molecular formula is C11H16N6. The van der Waals surface area contributed by atoms with Crippen molar-refractivity contribution in [1.29, 1.82) is 0 Å². The quantitative estimate of drug-likeness (QED) is 0.619. The molecule has 2 aromatic rings. The molecule has 0 unspecified atom stereocenters. The highest BCUT2D eigenvalue weighted by Crippen LogP contribution is 2.20. The minimum atomic E-state index is 0.311. The Morgan fingerprint density at radius 3 is 2.76 bits per heavy atom. The summed E-state index contributed by atoms with van der Waals surface area (Å²) in [6.07, 6.45) is 3.54. The van der Waals surface area contributed by atoms with Gasteiger partial charge in [-0.05, 0) is 20.8 Å². The third-order valence-electron chi connectivity index (χ3n) is 2.45. The molecule has 0 fully saturated rings. The number of anilines is 1. The van der Waals surface area contributed by atoms with E-state index < -0.39 is 0 Å². The second-order valence-electron chi connectivity index (χ2n) is 4.14. The van der Waals surface area contributed by atoms with Gasteiger partial charge in [0.1, 0.15) is 11.5 Å². The number of nitrogen functional groups attached to an aromatic ring is 1. The maximum absolute atomic E-state index is 5.38. The van der Waals surface area contributed by atoms with Crippen molar-refractivity contribution >= 4 is 5.82 Å². The molecular weight excluding hydrogens is 216 g/mol. The van der Waals surface area contributed by atoms with E-state index in [-0.39, 0.29) is 0 Å². The van der Waals surface area contributed by atoms with E-state index in [1.807, 2.05) is 11.5 Å². The van der Waals surface area contributed by atoms with Gasteiger partial charge in [-0.25, -0.2) is 20.8 Å². The lowest BCUT2D eigenvalue weighted by Crippen LogP contribution is -2.11. The van der Waals surface area contributed by atoms with Gasteiger partial charge in [-0.2, -0.15) is 0 Å². The minimum Gasteiger partial charge on any atom is -0.325 e. The zero-order valence-electron chi connectivity index (χ0n) is 10.2. The van der Waals surface area contributed by atoms with Gasteiger partial charge < -0.3 is 9.99 Å². The molecule has 6 nitrogen and oxygen atoms in total. The number of hydrazine groups is 1. The van der Waals surface area contributed by atoms with Crippen LogP contribution < -0.4 is 11.3 Å². The van der Waals surface area contributed by atoms with Gasteiger partial charge in [0.25, 0.3) is 0 Å². The summed E-state index contributed by atoms with van der Waals surface area (Å²) in [5.74, 6) is 6.61. The lowest BCUT2D eigenvalue weighted by molar-refractivity contribution is 0.603. The van der Waals surface area contributed by atoms with Gasteiger partial charge in [-0.3, -0.25) is 0 Å². The van der Waals surface area contributed by atoms with Crippen LogP contribution in [-0.2, 0) is 0 Å². The fraction of sp³-hybridized carbons (Fsp3) is 0.364. The number of hydrogen-bond acceptors (Lipinski definition) is 5. The zero-order chi connectivity index (χ0) is 12.4. The van der Waals surface area contributed by atoms with Gasteiger partial charge in [-0.15, -0.1) is 0 Å². The lowest BCUT2D eigenvalue weighted by atomic mass is 10.3. The van der Waals surface area contributed by atoms with Crippen LogP contribution in [0.2, 0.25) is 0 Å². The summed E-state index contributed by atoms with van der Waals surface area (Å²) in [4.78, 5) is 12.9. The molecule has 0 radical (unpaired) electrons. The number of nitrogens with one attached hydrogen (secondary N) is 1. The second-order valence-corrected chi connectivity index (χ2v) is 4.14. The topological polar surface area (TPSA) is 81.6 Å². The van der Waals surface area contributed by atoms with Crippen LogP contribution in [0.5, 0.6) is 0 Å². The third-order valence-corrected chi connectivity index (χ3v) is 2.45. The van der Waals surface area contributed by atoms with Gasteiger partial charge in [-0.1, -0.05) is 0 Å². The molecule has 17 heavy (non-hydrogen) atoms. The first kappa shape index (κ1) is 11.5. The first-order valence-electron chi connectivity index (χ1n) is 5.46. The molecule has 2 heterocycles. The number of hydrogen-bond donors (Lipinski definition) is 2.